The van der Waals surface area contributed by atoms with E-state index in [2.05, 4.69) is 0 Å². The highest BCUT2D eigenvalue weighted by Crippen LogP contribution is 2.38. The number of carboxylic acids is 1. The van der Waals surface area contributed by atoms with E-state index in [1.165, 1.54) is 15.9 Å². The molecule has 0 bridgehead atoms. The Morgan fingerprint density at radius 3 is 2.59 bits per heavy atom. The molecule has 2 aliphatic heterocycles. The van der Waals surface area contributed by atoms with Crippen molar-refractivity contribution in [3.8, 4) is 0 Å². The zero-order valence-electron chi connectivity index (χ0n) is 17.2. The van der Waals surface area contributed by atoms with Crippen molar-refractivity contribution in [2.75, 3.05) is 13.2 Å². The maximum Gasteiger partial charge on any atom is 0.414 e. The molecule has 0 saturated carbocycles. The summed E-state index contributed by atoms with van der Waals surface area (Å²) in [4.78, 5) is 39.2. The first-order valence-electron chi connectivity index (χ1n) is 9.11. The van der Waals surface area contributed by atoms with Crippen LogP contribution in [-0.4, -0.2) is 67.3 Å². The van der Waals surface area contributed by atoms with E-state index < -0.39 is 29.1 Å². The van der Waals surface area contributed by atoms with Crippen LogP contribution in [0.4, 0.5) is 4.79 Å². The minimum atomic E-state index is -1.41. The molecule has 29 heavy (non-hydrogen) atoms. The lowest BCUT2D eigenvalue weighted by Crippen LogP contribution is -2.61. The predicted octanol–water partition coefficient (Wildman–Crippen LogP) is 2.25. The Labute approximate surface area is 179 Å². The lowest BCUT2D eigenvalue weighted by atomic mass is 10.1. The molecule has 11 heteroatoms. The lowest BCUT2D eigenvalue weighted by molar-refractivity contribution is -0.137. The number of ether oxygens (including phenoxy) is 2. The van der Waals surface area contributed by atoms with Crippen LogP contribution in [0.15, 0.2) is 11.0 Å². The Hall–Kier alpha value is -1.69. The highest BCUT2D eigenvalue weighted by Gasteiger charge is 2.53. The first kappa shape index (κ1) is 23.6. The smallest absolute Gasteiger partial charge is 0.414 e. The van der Waals surface area contributed by atoms with Crippen LogP contribution in [0.25, 0.3) is 0 Å². The van der Waals surface area contributed by atoms with E-state index in [-0.39, 0.29) is 36.8 Å². The molecule has 2 fully saturated rings. The fraction of sp³-hybridized carbons (Fsp3) is 0.667. The van der Waals surface area contributed by atoms with Gasteiger partial charge in [0, 0.05) is 13.0 Å². The van der Waals surface area contributed by atoms with Gasteiger partial charge < -0.3 is 20.3 Å². The Balaban J connectivity index is 2.26. The van der Waals surface area contributed by atoms with Crippen LogP contribution in [0.2, 0.25) is 0 Å². The maximum atomic E-state index is 12.8. The molecule has 0 aliphatic carbocycles. The van der Waals surface area contributed by atoms with Crippen LogP contribution in [0, 0.1) is 0 Å². The Bertz CT molecular complexity index is 761. The van der Waals surface area contributed by atoms with Crippen molar-refractivity contribution in [3.05, 3.63) is 11.0 Å². The molecule has 2 aliphatic rings. The van der Waals surface area contributed by atoms with Crippen molar-refractivity contribution in [2.24, 2.45) is 5.73 Å². The zero-order valence-corrected chi connectivity index (χ0v) is 18.8. The summed E-state index contributed by atoms with van der Waals surface area (Å²) in [6.07, 6.45) is 1.03. The molecule has 0 spiro atoms. The highest BCUT2D eigenvalue weighted by atomic mass is 32.2. The summed E-state index contributed by atoms with van der Waals surface area (Å²) in [6.45, 7) is 8.79. The van der Waals surface area contributed by atoms with E-state index in [9.17, 15) is 14.4 Å². The summed E-state index contributed by atoms with van der Waals surface area (Å²) in [6, 6.07) is 0. The SMILES string of the molecule is CC(C)(C)OC(=O)N1C(N)(C=C2SC(=S)N(CCCC(=O)O)C2=O)COC1(C)C. The van der Waals surface area contributed by atoms with Crippen LogP contribution in [0.1, 0.15) is 47.5 Å². The summed E-state index contributed by atoms with van der Waals surface area (Å²) in [5.74, 6) is -1.31. The topological polar surface area (TPSA) is 122 Å². The molecule has 0 aromatic rings. The number of thiocarbonyl (C=S) groups is 1. The van der Waals surface area contributed by atoms with Crippen LogP contribution < -0.4 is 5.73 Å². The number of nitrogens with two attached hydrogens (primary N) is 1. The fourth-order valence-electron chi connectivity index (χ4n) is 3.03. The van der Waals surface area contributed by atoms with E-state index in [4.69, 9.17) is 32.5 Å². The van der Waals surface area contributed by atoms with Gasteiger partial charge in [0.15, 0.2) is 0 Å². The first-order valence-corrected chi connectivity index (χ1v) is 10.3. The van der Waals surface area contributed by atoms with Crippen molar-refractivity contribution in [2.45, 2.75) is 64.4 Å². The third kappa shape index (κ3) is 5.47. The average molecular weight is 446 g/mol. The molecule has 0 aromatic carbocycles. The number of rotatable bonds is 5. The van der Waals surface area contributed by atoms with Gasteiger partial charge in [-0.25, -0.2) is 4.79 Å². The fourth-order valence-corrected chi connectivity index (χ4v) is 4.41. The van der Waals surface area contributed by atoms with Gasteiger partial charge in [0.25, 0.3) is 5.91 Å². The van der Waals surface area contributed by atoms with Gasteiger partial charge in [-0.1, -0.05) is 24.0 Å². The number of carboxylic acid groups (broad SMARTS) is 1. The van der Waals surface area contributed by atoms with E-state index >= 15 is 0 Å². The molecule has 2 rings (SSSR count). The van der Waals surface area contributed by atoms with Crippen molar-refractivity contribution in [3.63, 3.8) is 0 Å². The summed E-state index contributed by atoms with van der Waals surface area (Å²) in [5, 5.41) is 8.77. The number of amides is 2. The molecule has 1 unspecified atom stereocenters. The minimum absolute atomic E-state index is 0.0254. The average Bonchev–Trinajstić information content (AvgIpc) is 2.92. The van der Waals surface area contributed by atoms with Crippen molar-refractivity contribution in [1.82, 2.24) is 9.80 Å². The van der Waals surface area contributed by atoms with Gasteiger partial charge >= 0.3 is 12.1 Å². The summed E-state index contributed by atoms with van der Waals surface area (Å²) in [7, 11) is 0. The van der Waals surface area contributed by atoms with Crippen molar-refractivity contribution in [1.29, 1.82) is 0 Å². The van der Waals surface area contributed by atoms with E-state index in [1.807, 2.05) is 0 Å². The van der Waals surface area contributed by atoms with E-state index in [0.29, 0.717) is 4.32 Å². The standard InChI is InChI=1S/C18H27N3O6S2/c1-16(2,3)27-14(25)21-17(4,5)26-10-18(21,19)9-11-13(24)20(15(28)29-11)8-6-7-12(22)23/h9H,6-8,10,19H2,1-5H3,(H,22,23). The molecular weight excluding hydrogens is 418 g/mol. The van der Waals surface area contributed by atoms with Gasteiger partial charge in [-0.3, -0.25) is 19.4 Å². The van der Waals surface area contributed by atoms with Crippen molar-refractivity contribution >= 4 is 46.3 Å². The van der Waals surface area contributed by atoms with Crippen LogP contribution in [-0.2, 0) is 19.1 Å². The number of nitrogens with zero attached hydrogens (tertiary/aromatic N) is 2. The first-order chi connectivity index (χ1) is 13.2. The monoisotopic (exact) mass is 445 g/mol. The number of carbonyl (C=O) groups excluding carboxylic acids is 2. The Kier molecular flexibility index (Phi) is 6.68. The number of hydrogen-bond donors (Lipinski definition) is 2. The predicted molar refractivity (Wildman–Crippen MR) is 112 cm³/mol. The largest absolute Gasteiger partial charge is 0.481 e. The molecule has 2 amide bonds. The number of carbonyl (C=O) groups is 3. The number of hydrogen-bond acceptors (Lipinski definition) is 8. The quantitative estimate of drug-likeness (QED) is 0.484. The number of aliphatic carboxylic acids is 1. The molecular formula is C18H27N3O6S2. The summed E-state index contributed by atoms with van der Waals surface area (Å²) in [5.41, 5.74) is 3.31. The van der Waals surface area contributed by atoms with Gasteiger partial charge in [0.1, 0.15) is 21.3 Å². The lowest BCUT2D eigenvalue weighted by Gasteiger charge is -2.38. The molecule has 9 nitrogen and oxygen atoms in total. The molecule has 162 valence electrons. The molecule has 3 N–H and O–H groups in total. The van der Waals surface area contributed by atoms with Gasteiger partial charge in [0.05, 0.1) is 11.5 Å². The second-order valence-electron chi connectivity index (χ2n) is 8.37. The van der Waals surface area contributed by atoms with Gasteiger partial charge in [0.2, 0.25) is 0 Å². The third-order valence-corrected chi connectivity index (χ3v) is 5.59. The van der Waals surface area contributed by atoms with Crippen LogP contribution >= 0.6 is 24.0 Å². The van der Waals surface area contributed by atoms with Gasteiger partial charge in [-0.15, -0.1) is 0 Å². The third-order valence-electron chi connectivity index (χ3n) is 4.21. The van der Waals surface area contributed by atoms with E-state index in [0.717, 1.165) is 11.8 Å². The second-order valence-corrected chi connectivity index (χ2v) is 10.0. The Morgan fingerprint density at radius 1 is 1.41 bits per heavy atom. The van der Waals surface area contributed by atoms with E-state index in [1.54, 1.807) is 34.6 Å². The van der Waals surface area contributed by atoms with Crippen molar-refractivity contribution < 1.29 is 29.0 Å². The normalized spacial score (nSPS) is 25.8. The van der Waals surface area contributed by atoms with Gasteiger partial charge in [-0.2, -0.15) is 0 Å². The second kappa shape index (κ2) is 8.21. The maximum absolute atomic E-state index is 12.8. The zero-order chi connectivity index (χ0) is 22.2. The number of thioether (sulfide) groups is 1. The highest BCUT2D eigenvalue weighted by molar-refractivity contribution is 8.26. The molecule has 0 aromatic heterocycles. The Morgan fingerprint density at radius 2 is 2.03 bits per heavy atom. The molecule has 1 atom stereocenters. The molecule has 0 radical (unpaired) electrons. The summed E-state index contributed by atoms with van der Waals surface area (Å²) < 4.78 is 11.5. The van der Waals surface area contributed by atoms with Gasteiger partial charge in [-0.05, 0) is 47.1 Å². The van der Waals surface area contributed by atoms with Crippen LogP contribution in [0.5, 0.6) is 0 Å². The molecule has 2 saturated heterocycles. The minimum Gasteiger partial charge on any atom is -0.481 e. The van der Waals surface area contributed by atoms with Crippen LogP contribution in [0.3, 0.4) is 0 Å². The molecule has 2 heterocycles. The summed E-state index contributed by atoms with van der Waals surface area (Å²) >= 11 is 6.31.